The topological polar surface area (TPSA) is 87.2 Å². The second kappa shape index (κ2) is 9.50. The Kier molecular flexibility index (Phi) is 7.19. The van der Waals surface area contributed by atoms with Gasteiger partial charge in [-0.1, -0.05) is 58.9 Å². The molecule has 36 heavy (non-hydrogen) atoms. The first-order valence-electron chi connectivity index (χ1n) is 13.2. The average molecular weight is 519 g/mol. The van der Waals surface area contributed by atoms with Gasteiger partial charge in [-0.3, -0.25) is 14.4 Å². The van der Waals surface area contributed by atoms with Crippen LogP contribution in [0.25, 0.3) is 0 Å². The molecular formula is C28H42N2O5S. The summed E-state index contributed by atoms with van der Waals surface area (Å²) >= 11 is 1.55. The van der Waals surface area contributed by atoms with Crippen molar-refractivity contribution in [1.29, 1.82) is 0 Å². The van der Waals surface area contributed by atoms with Crippen LogP contribution in [0.15, 0.2) is 24.3 Å². The lowest BCUT2D eigenvalue weighted by molar-refractivity contribution is -0.154. The Hall–Kier alpha value is -1.80. The lowest BCUT2D eigenvalue weighted by atomic mass is 9.78. The predicted molar refractivity (Wildman–Crippen MR) is 141 cm³/mol. The van der Waals surface area contributed by atoms with Crippen molar-refractivity contribution in [2.24, 2.45) is 23.2 Å². The number of carbonyl (C=O) groups is 3. The van der Waals surface area contributed by atoms with Crippen molar-refractivity contribution in [3.05, 3.63) is 24.3 Å². The van der Waals surface area contributed by atoms with Gasteiger partial charge >= 0.3 is 5.97 Å². The van der Waals surface area contributed by atoms with Crippen LogP contribution in [0.4, 0.5) is 0 Å². The Labute approximate surface area is 219 Å². The number of aliphatic hydroxyl groups excluding tert-OH is 1. The molecule has 1 spiro atoms. The van der Waals surface area contributed by atoms with Gasteiger partial charge in [0, 0.05) is 17.3 Å². The van der Waals surface area contributed by atoms with E-state index >= 15 is 0 Å². The molecule has 0 bridgehead atoms. The van der Waals surface area contributed by atoms with Crippen molar-refractivity contribution in [1.82, 2.24) is 9.80 Å². The lowest BCUT2D eigenvalue weighted by Crippen LogP contribution is -2.61. The third-order valence-corrected chi connectivity index (χ3v) is 9.81. The maximum atomic E-state index is 14.6. The standard InChI is InChI=1S/C28H42N2O5S/c1-17(2)18(15-31)30-22-24(33)29(27(6,7)16-26(3,4)5)13-10-12-28(22)21(23(30)32)20-19(36-28)11-8-9-14-35-25(20)34/h8,10-12,17-22,31H,9,13-16H2,1-7H3/t18-,19-,20+,21-,22?,28-/m0/s1. The van der Waals surface area contributed by atoms with Gasteiger partial charge in [-0.2, -0.15) is 0 Å². The molecule has 0 aliphatic carbocycles. The van der Waals surface area contributed by atoms with Crippen molar-refractivity contribution in [2.75, 3.05) is 19.8 Å². The molecule has 4 aliphatic heterocycles. The Bertz CT molecular complexity index is 967. The molecule has 0 saturated carbocycles. The van der Waals surface area contributed by atoms with E-state index in [1.807, 2.05) is 43.1 Å². The number of ether oxygens (including phenoxy) is 1. The second-order valence-corrected chi connectivity index (χ2v) is 14.4. The predicted octanol–water partition coefficient (Wildman–Crippen LogP) is 3.42. The van der Waals surface area contributed by atoms with Crippen molar-refractivity contribution in [3.63, 3.8) is 0 Å². The van der Waals surface area contributed by atoms with Crippen molar-refractivity contribution < 1.29 is 24.2 Å². The van der Waals surface area contributed by atoms with Gasteiger partial charge in [0.1, 0.15) is 6.04 Å². The molecule has 0 radical (unpaired) electrons. The first-order valence-corrected chi connectivity index (χ1v) is 14.1. The van der Waals surface area contributed by atoms with Crippen LogP contribution in [0.3, 0.4) is 0 Å². The Morgan fingerprint density at radius 1 is 1.14 bits per heavy atom. The van der Waals surface area contributed by atoms with Crippen molar-refractivity contribution in [3.8, 4) is 0 Å². The Balaban J connectivity index is 1.86. The van der Waals surface area contributed by atoms with E-state index in [4.69, 9.17) is 4.74 Å². The van der Waals surface area contributed by atoms with Gasteiger partial charge in [0.25, 0.3) is 0 Å². The fourth-order valence-corrected chi connectivity index (χ4v) is 8.95. The van der Waals surface area contributed by atoms with Gasteiger partial charge in [-0.05, 0) is 38.0 Å². The number of cyclic esters (lactones) is 1. The minimum Gasteiger partial charge on any atom is -0.465 e. The summed E-state index contributed by atoms with van der Waals surface area (Å²) < 4.78 is 4.65. The molecule has 4 rings (SSSR count). The summed E-state index contributed by atoms with van der Waals surface area (Å²) in [5, 5.41) is 10.1. The summed E-state index contributed by atoms with van der Waals surface area (Å²) in [4.78, 5) is 45.6. The highest BCUT2D eigenvalue weighted by Gasteiger charge is 2.72. The number of carbonyl (C=O) groups excluding carboxylic acids is 3. The number of likely N-dealkylation sites (tertiary alicyclic amines) is 1. The van der Waals surface area contributed by atoms with Crippen LogP contribution in [-0.2, 0) is 19.1 Å². The van der Waals surface area contributed by atoms with Gasteiger partial charge < -0.3 is 19.6 Å². The van der Waals surface area contributed by atoms with Crippen LogP contribution in [0, 0.1) is 23.2 Å². The molecule has 1 N–H and O–H groups in total. The highest BCUT2D eigenvalue weighted by atomic mass is 32.2. The van der Waals surface area contributed by atoms with Crippen molar-refractivity contribution >= 4 is 29.5 Å². The fourth-order valence-electron chi connectivity index (χ4n) is 6.96. The molecule has 2 amide bonds. The summed E-state index contributed by atoms with van der Waals surface area (Å²) in [6.45, 7) is 15.1. The molecule has 4 aliphatic rings. The Morgan fingerprint density at radius 2 is 1.83 bits per heavy atom. The monoisotopic (exact) mass is 518 g/mol. The van der Waals surface area contributed by atoms with Crippen LogP contribution in [-0.4, -0.2) is 80.1 Å². The second-order valence-electron chi connectivity index (χ2n) is 12.9. The van der Waals surface area contributed by atoms with Gasteiger partial charge in [0.15, 0.2) is 0 Å². The zero-order valence-corrected chi connectivity index (χ0v) is 23.5. The van der Waals surface area contributed by atoms with Crippen LogP contribution >= 0.6 is 11.8 Å². The highest BCUT2D eigenvalue weighted by molar-refractivity contribution is 8.02. The molecule has 6 atom stereocenters. The number of hydrogen-bond acceptors (Lipinski definition) is 6. The molecular weight excluding hydrogens is 476 g/mol. The summed E-state index contributed by atoms with van der Waals surface area (Å²) in [6, 6.07) is -1.32. The summed E-state index contributed by atoms with van der Waals surface area (Å²) in [5.41, 5.74) is -0.451. The normalized spacial score (nSPS) is 33.6. The highest BCUT2D eigenvalue weighted by Crippen LogP contribution is 2.61. The SMILES string of the molecule is CC(C)[C@H](CO)N1C(=O)[C@@H]2[C@@H]3C(=O)OCCC=C[C@@H]3S[C@@]23C=CCN(C(C)(C)CC(C)(C)C)C(=O)C13. The number of thioether (sulfide) groups is 1. The molecule has 200 valence electrons. The zero-order valence-electron chi connectivity index (χ0n) is 22.7. The third kappa shape index (κ3) is 4.42. The minimum absolute atomic E-state index is 0.00112. The quantitative estimate of drug-likeness (QED) is 0.443. The number of aliphatic hydroxyl groups is 1. The van der Waals surface area contributed by atoms with Crippen LogP contribution < -0.4 is 0 Å². The Morgan fingerprint density at radius 3 is 2.44 bits per heavy atom. The van der Waals surface area contributed by atoms with Crippen molar-refractivity contribution in [2.45, 2.75) is 88.9 Å². The largest absolute Gasteiger partial charge is 0.465 e. The number of esters is 1. The van der Waals surface area contributed by atoms with E-state index in [-0.39, 0.29) is 41.0 Å². The van der Waals surface area contributed by atoms with Crippen LogP contribution in [0.2, 0.25) is 0 Å². The molecule has 4 heterocycles. The molecule has 2 saturated heterocycles. The van der Waals surface area contributed by atoms with Gasteiger partial charge in [0.2, 0.25) is 11.8 Å². The van der Waals surface area contributed by atoms with E-state index in [9.17, 15) is 19.5 Å². The number of fused-ring (bicyclic) bond motifs is 2. The zero-order chi connectivity index (χ0) is 26.6. The molecule has 2 fully saturated rings. The van der Waals surface area contributed by atoms with Gasteiger partial charge in [-0.15, -0.1) is 11.8 Å². The minimum atomic E-state index is -0.897. The number of nitrogens with zero attached hydrogens (tertiary/aromatic N) is 2. The van der Waals surface area contributed by atoms with E-state index in [1.54, 1.807) is 16.7 Å². The van der Waals surface area contributed by atoms with Gasteiger partial charge in [0.05, 0.1) is 35.8 Å². The maximum Gasteiger partial charge on any atom is 0.311 e. The molecule has 0 aromatic heterocycles. The first-order chi connectivity index (χ1) is 16.7. The molecule has 0 aromatic carbocycles. The van der Waals surface area contributed by atoms with E-state index < -0.39 is 34.2 Å². The molecule has 8 heteroatoms. The van der Waals surface area contributed by atoms with Gasteiger partial charge in [-0.25, -0.2) is 0 Å². The van der Waals surface area contributed by atoms with Crippen LogP contribution in [0.5, 0.6) is 0 Å². The molecule has 7 nitrogen and oxygen atoms in total. The van der Waals surface area contributed by atoms with E-state index in [2.05, 4.69) is 34.6 Å². The average Bonchev–Trinajstić information content (AvgIpc) is 3.10. The van der Waals surface area contributed by atoms with E-state index in [0.29, 0.717) is 19.6 Å². The summed E-state index contributed by atoms with van der Waals surface area (Å²) in [7, 11) is 0. The summed E-state index contributed by atoms with van der Waals surface area (Å²) in [6.07, 6.45) is 9.50. The lowest BCUT2D eigenvalue weighted by Gasteiger charge is -2.45. The number of rotatable bonds is 5. The molecule has 0 aromatic rings. The number of hydrogen-bond donors (Lipinski definition) is 1. The maximum absolute atomic E-state index is 14.6. The smallest absolute Gasteiger partial charge is 0.311 e. The van der Waals surface area contributed by atoms with Crippen LogP contribution in [0.1, 0.15) is 61.3 Å². The fraction of sp³-hybridized carbons (Fsp3) is 0.750. The van der Waals surface area contributed by atoms with E-state index in [1.165, 1.54) is 0 Å². The first kappa shape index (κ1) is 27.2. The summed E-state index contributed by atoms with van der Waals surface area (Å²) in [5.74, 6) is -2.14. The van der Waals surface area contributed by atoms with E-state index in [0.717, 1.165) is 6.42 Å². The number of amides is 2. The third-order valence-electron chi connectivity index (χ3n) is 8.07. The molecule has 1 unspecified atom stereocenters.